The molecule has 1 aromatic heterocycles. The van der Waals surface area contributed by atoms with Crippen LogP contribution in [0.1, 0.15) is 6.42 Å². The van der Waals surface area contributed by atoms with Gasteiger partial charge in [-0.05, 0) is 35.9 Å². The lowest BCUT2D eigenvalue weighted by Crippen LogP contribution is -2.23. The minimum absolute atomic E-state index is 0.423. The molecule has 4 heteroatoms. The van der Waals surface area contributed by atoms with Crippen molar-refractivity contribution in [2.24, 2.45) is 0 Å². The van der Waals surface area contributed by atoms with Gasteiger partial charge >= 0.3 is 0 Å². The molecule has 22 heavy (non-hydrogen) atoms. The third-order valence-electron chi connectivity index (χ3n) is 4.09. The Kier molecular flexibility index (Phi) is 3.45. The van der Waals surface area contributed by atoms with Crippen LogP contribution in [0.25, 0.3) is 22.0 Å². The largest absolute Gasteiger partial charge is 0.350 e. The predicted molar refractivity (Wildman–Crippen MR) is 89.9 cm³/mol. The summed E-state index contributed by atoms with van der Waals surface area (Å²) in [5.74, 6) is 0.708. The first kappa shape index (κ1) is 13.2. The first-order valence-electron chi connectivity index (χ1n) is 7.68. The topological polar surface area (TPSA) is 49.8 Å². The molecule has 2 N–H and O–H groups in total. The number of anilines is 1. The van der Waals surface area contributed by atoms with Gasteiger partial charge in [0.25, 0.3) is 0 Å². The molecule has 1 aliphatic heterocycles. The zero-order valence-electron chi connectivity index (χ0n) is 12.3. The molecule has 0 spiro atoms. The molecule has 1 aliphatic rings. The van der Waals surface area contributed by atoms with E-state index in [4.69, 9.17) is 0 Å². The molecule has 2 heterocycles. The van der Waals surface area contributed by atoms with Crippen LogP contribution in [0.3, 0.4) is 0 Å². The smallest absolute Gasteiger partial charge is 0.223 e. The molecule has 1 atom stereocenters. The molecule has 0 saturated carbocycles. The van der Waals surface area contributed by atoms with Gasteiger partial charge in [-0.3, -0.25) is 0 Å². The van der Waals surface area contributed by atoms with Crippen molar-refractivity contribution in [3.05, 3.63) is 54.7 Å². The predicted octanol–water partition coefficient (Wildman–Crippen LogP) is 3.07. The quantitative estimate of drug-likeness (QED) is 0.778. The molecule has 0 radical (unpaired) electrons. The van der Waals surface area contributed by atoms with Crippen molar-refractivity contribution in [1.29, 1.82) is 0 Å². The van der Waals surface area contributed by atoms with Crippen LogP contribution in [0, 0.1) is 0 Å². The molecule has 110 valence electrons. The molecule has 2 aromatic carbocycles. The van der Waals surface area contributed by atoms with Crippen LogP contribution in [0.2, 0.25) is 0 Å². The van der Waals surface area contributed by atoms with Crippen molar-refractivity contribution in [2.75, 3.05) is 18.4 Å². The highest BCUT2D eigenvalue weighted by molar-refractivity contribution is 5.86. The number of rotatable bonds is 3. The normalized spacial score (nSPS) is 17.7. The number of nitrogens with one attached hydrogen (secondary N) is 2. The maximum Gasteiger partial charge on any atom is 0.223 e. The molecule has 0 amide bonds. The van der Waals surface area contributed by atoms with Crippen LogP contribution in [0.5, 0.6) is 0 Å². The van der Waals surface area contributed by atoms with Gasteiger partial charge in [-0.2, -0.15) is 0 Å². The van der Waals surface area contributed by atoms with Crippen molar-refractivity contribution in [2.45, 2.75) is 12.5 Å². The van der Waals surface area contributed by atoms with Crippen LogP contribution in [-0.4, -0.2) is 29.1 Å². The maximum atomic E-state index is 4.66. The van der Waals surface area contributed by atoms with Crippen LogP contribution in [0.4, 0.5) is 5.95 Å². The second-order valence-electron chi connectivity index (χ2n) is 5.66. The minimum Gasteiger partial charge on any atom is -0.350 e. The fourth-order valence-corrected chi connectivity index (χ4v) is 2.90. The van der Waals surface area contributed by atoms with E-state index in [0.29, 0.717) is 12.0 Å². The molecule has 0 aliphatic carbocycles. The van der Waals surface area contributed by atoms with Gasteiger partial charge in [-0.25, -0.2) is 9.97 Å². The second-order valence-corrected chi connectivity index (χ2v) is 5.66. The zero-order valence-corrected chi connectivity index (χ0v) is 12.3. The second kappa shape index (κ2) is 5.73. The van der Waals surface area contributed by atoms with E-state index < -0.39 is 0 Å². The average Bonchev–Trinajstić information content (AvgIpc) is 3.08. The SMILES string of the molecule is c1ccc2cc(-c3ccnc(N[C@H]4CCNC4)n3)ccc2c1. The van der Waals surface area contributed by atoms with E-state index in [2.05, 4.69) is 63.1 Å². The Morgan fingerprint density at radius 3 is 2.82 bits per heavy atom. The van der Waals surface area contributed by atoms with Crippen molar-refractivity contribution >= 4 is 16.7 Å². The lowest BCUT2D eigenvalue weighted by Gasteiger charge is -2.12. The highest BCUT2D eigenvalue weighted by Crippen LogP contribution is 2.23. The number of benzene rings is 2. The summed E-state index contributed by atoms with van der Waals surface area (Å²) in [6, 6.07) is 17.2. The number of aromatic nitrogens is 2. The van der Waals surface area contributed by atoms with E-state index in [9.17, 15) is 0 Å². The average molecular weight is 290 g/mol. The van der Waals surface area contributed by atoms with Crippen LogP contribution in [0.15, 0.2) is 54.7 Å². The van der Waals surface area contributed by atoms with E-state index in [1.54, 1.807) is 0 Å². The molecule has 0 bridgehead atoms. The van der Waals surface area contributed by atoms with E-state index in [-0.39, 0.29) is 0 Å². The Morgan fingerprint density at radius 1 is 1.05 bits per heavy atom. The summed E-state index contributed by atoms with van der Waals surface area (Å²) in [6.45, 7) is 2.03. The van der Waals surface area contributed by atoms with Crippen LogP contribution in [-0.2, 0) is 0 Å². The Labute approximate surface area is 129 Å². The molecule has 1 saturated heterocycles. The van der Waals surface area contributed by atoms with E-state index >= 15 is 0 Å². The molecule has 1 fully saturated rings. The lowest BCUT2D eigenvalue weighted by molar-refractivity contribution is 0.781. The van der Waals surface area contributed by atoms with Crippen molar-refractivity contribution < 1.29 is 0 Å². The van der Waals surface area contributed by atoms with E-state index in [0.717, 1.165) is 30.8 Å². The summed E-state index contributed by atoms with van der Waals surface area (Å²) in [6.07, 6.45) is 2.94. The Bertz CT molecular complexity index is 794. The summed E-state index contributed by atoms with van der Waals surface area (Å²) in [5.41, 5.74) is 2.07. The maximum absolute atomic E-state index is 4.66. The summed E-state index contributed by atoms with van der Waals surface area (Å²) in [7, 11) is 0. The van der Waals surface area contributed by atoms with Crippen molar-refractivity contribution in [3.8, 4) is 11.3 Å². The minimum atomic E-state index is 0.423. The fraction of sp³-hybridized carbons (Fsp3) is 0.222. The van der Waals surface area contributed by atoms with Gasteiger partial charge in [0.05, 0.1) is 5.69 Å². The lowest BCUT2D eigenvalue weighted by atomic mass is 10.1. The van der Waals surface area contributed by atoms with Gasteiger partial charge in [0, 0.05) is 24.3 Å². The molecular weight excluding hydrogens is 272 g/mol. The Hall–Kier alpha value is -2.46. The van der Waals surface area contributed by atoms with Gasteiger partial charge in [-0.1, -0.05) is 36.4 Å². The van der Waals surface area contributed by atoms with Crippen LogP contribution < -0.4 is 10.6 Å². The van der Waals surface area contributed by atoms with Gasteiger partial charge in [0.15, 0.2) is 0 Å². The summed E-state index contributed by atoms with van der Waals surface area (Å²) in [4.78, 5) is 9.00. The van der Waals surface area contributed by atoms with Gasteiger partial charge < -0.3 is 10.6 Å². The number of nitrogens with zero attached hydrogens (tertiary/aromatic N) is 2. The summed E-state index contributed by atoms with van der Waals surface area (Å²) >= 11 is 0. The standard InChI is InChI=1S/C18H18N4/c1-2-4-14-11-15(6-5-13(14)3-1)17-8-10-20-18(22-17)21-16-7-9-19-12-16/h1-6,8,10-11,16,19H,7,9,12H2,(H,20,21,22)/t16-/m0/s1. The molecule has 0 unspecified atom stereocenters. The number of fused-ring (bicyclic) bond motifs is 1. The van der Waals surface area contributed by atoms with Crippen molar-refractivity contribution in [3.63, 3.8) is 0 Å². The highest BCUT2D eigenvalue weighted by Gasteiger charge is 2.15. The zero-order chi connectivity index (χ0) is 14.8. The van der Waals surface area contributed by atoms with Gasteiger partial charge in [0.2, 0.25) is 5.95 Å². The molecule has 3 aromatic rings. The molecule has 4 nitrogen and oxygen atoms in total. The molecular formula is C18H18N4. The summed E-state index contributed by atoms with van der Waals surface area (Å²) < 4.78 is 0. The van der Waals surface area contributed by atoms with Crippen molar-refractivity contribution in [1.82, 2.24) is 15.3 Å². The Balaban J connectivity index is 1.65. The van der Waals surface area contributed by atoms with Crippen LogP contribution >= 0.6 is 0 Å². The van der Waals surface area contributed by atoms with E-state index in [1.165, 1.54) is 10.8 Å². The summed E-state index contributed by atoms with van der Waals surface area (Å²) in [5, 5.41) is 9.22. The van der Waals surface area contributed by atoms with Gasteiger partial charge in [-0.15, -0.1) is 0 Å². The fourth-order valence-electron chi connectivity index (χ4n) is 2.90. The monoisotopic (exact) mass is 290 g/mol. The molecule has 4 rings (SSSR count). The first-order valence-corrected chi connectivity index (χ1v) is 7.68. The number of hydrogen-bond donors (Lipinski definition) is 2. The highest BCUT2D eigenvalue weighted by atomic mass is 15.1. The third kappa shape index (κ3) is 2.65. The van der Waals surface area contributed by atoms with Gasteiger partial charge in [0.1, 0.15) is 0 Å². The third-order valence-corrected chi connectivity index (χ3v) is 4.09. The number of hydrogen-bond acceptors (Lipinski definition) is 4. The Morgan fingerprint density at radius 2 is 1.95 bits per heavy atom. The van der Waals surface area contributed by atoms with E-state index in [1.807, 2.05) is 12.3 Å². The first-order chi connectivity index (χ1) is 10.9.